The van der Waals surface area contributed by atoms with E-state index in [9.17, 15) is 4.79 Å². The van der Waals surface area contributed by atoms with Gasteiger partial charge in [0.2, 0.25) is 0 Å². The highest BCUT2D eigenvalue weighted by atomic mass is 16.2. The highest BCUT2D eigenvalue weighted by Crippen LogP contribution is 2.17. The largest absolute Gasteiger partial charge is 0.342 e. The molecular weight excluding hydrogens is 214 g/mol. The second-order valence-electron chi connectivity index (χ2n) is 4.22. The molecule has 0 spiro atoms. The van der Waals surface area contributed by atoms with Gasteiger partial charge in [-0.05, 0) is 12.5 Å². The lowest BCUT2D eigenvalue weighted by molar-refractivity contribution is 0.0795. The van der Waals surface area contributed by atoms with Gasteiger partial charge in [0.05, 0.1) is 17.3 Å². The summed E-state index contributed by atoms with van der Waals surface area (Å²) < 4.78 is 0. The zero-order valence-electron chi connectivity index (χ0n) is 10.2. The van der Waals surface area contributed by atoms with Crippen LogP contribution in [0.3, 0.4) is 0 Å². The molecule has 90 valence electrons. The smallest absolute Gasteiger partial charge is 0.255 e. The Balaban J connectivity index is 2.27. The van der Waals surface area contributed by atoms with E-state index < -0.39 is 0 Å². The van der Waals surface area contributed by atoms with Crippen LogP contribution in [0.2, 0.25) is 0 Å². The van der Waals surface area contributed by atoms with Crippen LogP contribution in [0.15, 0.2) is 24.4 Å². The van der Waals surface area contributed by atoms with Crippen molar-refractivity contribution in [2.75, 3.05) is 13.6 Å². The molecule has 0 saturated heterocycles. The first kappa shape index (κ1) is 11.6. The maximum absolute atomic E-state index is 12.2. The maximum Gasteiger partial charge on any atom is 0.255 e. The van der Waals surface area contributed by atoms with Crippen molar-refractivity contribution in [1.29, 1.82) is 0 Å². The molecule has 2 rings (SSSR count). The minimum Gasteiger partial charge on any atom is -0.342 e. The molecule has 0 saturated carbocycles. The topological polar surface area (TPSA) is 49.0 Å². The second kappa shape index (κ2) is 4.99. The molecule has 1 heterocycles. The van der Waals surface area contributed by atoms with Gasteiger partial charge in [-0.1, -0.05) is 25.5 Å². The lowest BCUT2D eigenvalue weighted by Gasteiger charge is -2.16. The summed E-state index contributed by atoms with van der Waals surface area (Å²) in [6, 6.07) is 5.67. The molecule has 0 bridgehead atoms. The van der Waals surface area contributed by atoms with E-state index in [1.807, 2.05) is 25.2 Å². The molecule has 1 aromatic heterocycles. The molecule has 2 aromatic rings. The van der Waals surface area contributed by atoms with Crippen molar-refractivity contribution >= 4 is 16.8 Å². The first-order valence-corrected chi connectivity index (χ1v) is 5.91. The van der Waals surface area contributed by atoms with E-state index in [0.717, 1.165) is 30.3 Å². The number of nitrogens with zero attached hydrogens (tertiary/aromatic N) is 2. The Hall–Kier alpha value is -1.84. The summed E-state index contributed by atoms with van der Waals surface area (Å²) in [5.74, 6) is 0.0494. The van der Waals surface area contributed by atoms with Crippen LogP contribution in [-0.4, -0.2) is 34.6 Å². The van der Waals surface area contributed by atoms with E-state index in [4.69, 9.17) is 0 Å². The number of H-pyrrole nitrogens is 1. The van der Waals surface area contributed by atoms with E-state index >= 15 is 0 Å². The Kier molecular flexibility index (Phi) is 3.42. The Bertz CT molecular complexity index is 518. The fourth-order valence-electron chi connectivity index (χ4n) is 1.85. The lowest BCUT2D eigenvalue weighted by atomic mass is 10.1. The number of hydrogen-bond acceptors (Lipinski definition) is 2. The van der Waals surface area contributed by atoms with Gasteiger partial charge in [0.1, 0.15) is 0 Å². The molecule has 1 N–H and O–H groups in total. The lowest BCUT2D eigenvalue weighted by Crippen LogP contribution is -2.27. The quantitative estimate of drug-likeness (QED) is 0.878. The van der Waals surface area contributed by atoms with Gasteiger partial charge in [0, 0.05) is 19.0 Å². The van der Waals surface area contributed by atoms with Crippen LogP contribution in [0.25, 0.3) is 10.9 Å². The molecular formula is C13H17N3O. The molecule has 17 heavy (non-hydrogen) atoms. The van der Waals surface area contributed by atoms with Crippen LogP contribution >= 0.6 is 0 Å². The standard InChI is InChI=1S/C13H17N3O/c1-3-4-8-16(2)13(17)11-7-5-6-10-9-14-15-12(10)11/h5-7,9H,3-4,8H2,1-2H3,(H,14,15). The highest BCUT2D eigenvalue weighted by molar-refractivity contribution is 6.05. The molecule has 0 aliphatic heterocycles. The number of hydrogen-bond donors (Lipinski definition) is 1. The third kappa shape index (κ3) is 2.30. The zero-order valence-corrected chi connectivity index (χ0v) is 10.2. The summed E-state index contributed by atoms with van der Waals surface area (Å²) in [6.45, 7) is 2.91. The Labute approximate surface area is 101 Å². The molecule has 0 unspecified atom stereocenters. The van der Waals surface area contributed by atoms with Crippen molar-refractivity contribution < 1.29 is 4.79 Å². The number of carbonyl (C=O) groups is 1. The van der Waals surface area contributed by atoms with E-state index in [-0.39, 0.29) is 5.91 Å². The predicted octanol–water partition coefficient (Wildman–Crippen LogP) is 2.43. The number of amides is 1. The predicted molar refractivity (Wildman–Crippen MR) is 68.0 cm³/mol. The molecule has 0 radical (unpaired) electrons. The van der Waals surface area contributed by atoms with Crippen LogP contribution in [0, 0.1) is 0 Å². The van der Waals surface area contributed by atoms with Crippen LogP contribution in [0.4, 0.5) is 0 Å². The average Bonchev–Trinajstić information content (AvgIpc) is 2.82. The van der Waals surface area contributed by atoms with Crippen LogP contribution in [0.5, 0.6) is 0 Å². The summed E-state index contributed by atoms with van der Waals surface area (Å²) in [6.07, 6.45) is 3.85. The minimum absolute atomic E-state index is 0.0494. The Morgan fingerprint density at radius 1 is 1.47 bits per heavy atom. The SMILES string of the molecule is CCCCN(C)C(=O)c1cccc2cn[nH]c12. The Morgan fingerprint density at radius 2 is 2.29 bits per heavy atom. The van der Waals surface area contributed by atoms with Gasteiger partial charge in [-0.15, -0.1) is 0 Å². The van der Waals surface area contributed by atoms with Crippen molar-refractivity contribution in [1.82, 2.24) is 15.1 Å². The van der Waals surface area contributed by atoms with Gasteiger partial charge >= 0.3 is 0 Å². The first-order chi connectivity index (χ1) is 8.24. The first-order valence-electron chi connectivity index (χ1n) is 5.91. The minimum atomic E-state index is 0.0494. The van der Waals surface area contributed by atoms with Crippen molar-refractivity contribution in [3.63, 3.8) is 0 Å². The molecule has 4 nitrogen and oxygen atoms in total. The van der Waals surface area contributed by atoms with E-state index in [1.54, 1.807) is 11.1 Å². The number of para-hydroxylation sites is 1. The zero-order chi connectivity index (χ0) is 12.3. The average molecular weight is 231 g/mol. The number of aromatic amines is 1. The van der Waals surface area contributed by atoms with Gasteiger partial charge in [-0.25, -0.2) is 0 Å². The molecule has 0 atom stereocenters. The number of benzene rings is 1. The molecule has 0 aliphatic rings. The molecule has 4 heteroatoms. The normalized spacial score (nSPS) is 10.7. The van der Waals surface area contributed by atoms with Gasteiger partial charge < -0.3 is 4.90 Å². The van der Waals surface area contributed by atoms with Crippen molar-refractivity contribution in [3.8, 4) is 0 Å². The number of unbranched alkanes of at least 4 members (excludes halogenated alkanes) is 1. The molecule has 0 aliphatic carbocycles. The van der Waals surface area contributed by atoms with Gasteiger partial charge in [-0.2, -0.15) is 5.10 Å². The summed E-state index contributed by atoms with van der Waals surface area (Å²) in [7, 11) is 1.84. The third-order valence-electron chi connectivity index (χ3n) is 2.90. The summed E-state index contributed by atoms with van der Waals surface area (Å²) in [4.78, 5) is 14.0. The van der Waals surface area contributed by atoms with Crippen LogP contribution in [0.1, 0.15) is 30.1 Å². The maximum atomic E-state index is 12.2. The van der Waals surface area contributed by atoms with Gasteiger partial charge in [0.15, 0.2) is 0 Å². The molecule has 0 fully saturated rings. The van der Waals surface area contributed by atoms with Crippen LogP contribution < -0.4 is 0 Å². The fourth-order valence-corrected chi connectivity index (χ4v) is 1.85. The molecule has 1 aromatic carbocycles. The van der Waals surface area contributed by atoms with Crippen molar-refractivity contribution in [2.24, 2.45) is 0 Å². The monoisotopic (exact) mass is 231 g/mol. The van der Waals surface area contributed by atoms with E-state index in [1.165, 1.54) is 0 Å². The summed E-state index contributed by atoms with van der Waals surface area (Å²) in [5.41, 5.74) is 1.51. The van der Waals surface area contributed by atoms with Crippen molar-refractivity contribution in [2.45, 2.75) is 19.8 Å². The van der Waals surface area contributed by atoms with Crippen LogP contribution in [-0.2, 0) is 0 Å². The number of aromatic nitrogens is 2. The number of nitrogens with one attached hydrogen (secondary N) is 1. The number of fused-ring (bicyclic) bond motifs is 1. The highest BCUT2D eigenvalue weighted by Gasteiger charge is 2.14. The van der Waals surface area contributed by atoms with Gasteiger partial charge in [-0.3, -0.25) is 9.89 Å². The Morgan fingerprint density at radius 3 is 3.06 bits per heavy atom. The third-order valence-corrected chi connectivity index (χ3v) is 2.90. The fraction of sp³-hybridized carbons (Fsp3) is 0.385. The number of carbonyl (C=O) groups excluding carboxylic acids is 1. The second-order valence-corrected chi connectivity index (χ2v) is 4.22. The van der Waals surface area contributed by atoms with Gasteiger partial charge in [0.25, 0.3) is 5.91 Å². The van der Waals surface area contributed by atoms with E-state index in [2.05, 4.69) is 17.1 Å². The van der Waals surface area contributed by atoms with Crippen molar-refractivity contribution in [3.05, 3.63) is 30.0 Å². The number of rotatable bonds is 4. The molecule has 1 amide bonds. The summed E-state index contributed by atoms with van der Waals surface area (Å²) >= 11 is 0. The summed E-state index contributed by atoms with van der Waals surface area (Å²) in [5, 5.41) is 7.82. The van der Waals surface area contributed by atoms with E-state index in [0.29, 0.717) is 5.56 Å².